The predicted octanol–water partition coefficient (Wildman–Crippen LogP) is 3.21. The molecule has 0 aromatic carbocycles. The molecule has 1 amide bonds. The zero-order valence-corrected chi connectivity index (χ0v) is 16.5. The molecule has 0 spiro atoms. The molecule has 2 fully saturated rings. The Morgan fingerprint density at radius 3 is 2.71 bits per heavy atom. The van der Waals surface area contributed by atoms with Crippen molar-refractivity contribution in [1.82, 2.24) is 15.3 Å². The number of aromatic nitrogens is 2. The number of carbonyl (C=O) groups is 3. The first-order valence-electron chi connectivity index (χ1n) is 9.92. The number of nitrogens with one attached hydrogen (secondary N) is 2. The van der Waals surface area contributed by atoms with Gasteiger partial charge in [-0.3, -0.25) is 14.4 Å². The average molecular weight is 405 g/mol. The summed E-state index contributed by atoms with van der Waals surface area (Å²) in [5.41, 5.74) is 0. The van der Waals surface area contributed by atoms with Crippen molar-refractivity contribution in [3.8, 4) is 6.07 Å². The third-order valence-corrected chi connectivity index (χ3v) is 5.79. The topological polar surface area (TPSA) is 116 Å². The monoisotopic (exact) mass is 404 g/mol. The number of nitriles is 1. The van der Waals surface area contributed by atoms with Crippen LogP contribution in [0.3, 0.4) is 0 Å². The molecule has 28 heavy (non-hydrogen) atoms. The van der Waals surface area contributed by atoms with Crippen molar-refractivity contribution in [2.24, 2.45) is 17.8 Å². The minimum absolute atomic E-state index is 0.0205. The lowest BCUT2D eigenvalue weighted by Crippen LogP contribution is -2.41. The molecule has 1 aromatic rings. The highest BCUT2D eigenvalue weighted by Gasteiger charge is 2.33. The molecule has 1 aromatic heterocycles. The van der Waals surface area contributed by atoms with E-state index in [0.29, 0.717) is 25.2 Å². The van der Waals surface area contributed by atoms with Crippen LogP contribution in [0.1, 0.15) is 68.4 Å². The number of halogens is 1. The van der Waals surface area contributed by atoms with Gasteiger partial charge in [-0.25, -0.2) is 4.98 Å². The van der Waals surface area contributed by atoms with Gasteiger partial charge in [0.15, 0.2) is 11.6 Å². The standard InChI is InChI=1S/C20H25ClN4O3/c21-18-11-23-19(25-18)17(27)9-14(7-12-5-6-12)20(28)24-15(10-22)8-13-3-1-2-4-16(13)26/h11-15H,1-9H2,(H,23,25)(H,24,28)/t13-,14+,15-/m0/s1. The molecule has 150 valence electrons. The first-order valence-corrected chi connectivity index (χ1v) is 10.3. The van der Waals surface area contributed by atoms with Crippen LogP contribution in [0.4, 0.5) is 0 Å². The van der Waals surface area contributed by atoms with E-state index in [4.69, 9.17) is 11.6 Å². The van der Waals surface area contributed by atoms with Crippen LogP contribution in [-0.4, -0.2) is 33.5 Å². The van der Waals surface area contributed by atoms with E-state index < -0.39 is 12.0 Å². The van der Waals surface area contributed by atoms with Crippen molar-refractivity contribution in [1.29, 1.82) is 5.26 Å². The number of hydrogen-bond acceptors (Lipinski definition) is 5. The third-order valence-electron chi connectivity index (χ3n) is 5.60. The second-order valence-electron chi connectivity index (χ2n) is 7.92. The van der Waals surface area contributed by atoms with Crippen LogP contribution in [0.5, 0.6) is 0 Å². The molecule has 2 saturated carbocycles. The molecule has 3 rings (SSSR count). The lowest BCUT2D eigenvalue weighted by atomic mass is 9.83. The van der Waals surface area contributed by atoms with Crippen molar-refractivity contribution in [2.45, 2.75) is 63.8 Å². The molecule has 8 heteroatoms. The summed E-state index contributed by atoms with van der Waals surface area (Å²) in [7, 11) is 0. The highest BCUT2D eigenvalue weighted by Crippen LogP contribution is 2.36. The van der Waals surface area contributed by atoms with Gasteiger partial charge in [-0.2, -0.15) is 5.26 Å². The fourth-order valence-electron chi connectivity index (χ4n) is 3.82. The van der Waals surface area contributed by atoms with Gasteiger partial charge in [0.05, 0.1) is 12.3 Å². The van der Waals surface area contributed by atoms with Gasteiger partial charge in [0.2, 0.25) is 5.91 Å². The van der Waals surface area contributed by atoms with E-state index in [9.17, 15) is 19.6 Å². The summed E-state index contributed by atoms with van der Waals surface area (Å²) >= 11 is 5.78. The summed E-state index contributed by atoms with van der Waals surface area (Å²) in [6, 6.07) is 1.39. The fourth-order valence-corrected chi connectivity index (χ4v) is 3.96. The lowest BCUT2D eigenvalue weighted by molar-refractivity contribution is -0.127. The molecule has 2 aliphatic carbocycles. The van der Waals surface area contributed by atoms with Gasteiger partial charge in [0, 0.05) is 24.7 Å². The summed E-state index contributed by atoms with van der Waals surface area (Å²) in [4.78, 5) is 43.9. The van der Waals surface area contributed by atoms with Crippen molar-refractivity contribution in [2.75, 3.05) is 0 Å². The Labute approximate surface area is 169 Å². The second-order valence-corrected chi connectivity index (χ2v) is 8.33. The van der Waals surface area contributed by atoms with Crippen LogP contribution in [0, 0.1) is 29.1 Å². The summed E-state index contributed by atoms with van der Waals surface area (Å²) < 4.78 is 0. The Morgan fingerprint density at radius 2 is 2.11 bits per heavy atom. The Morgan fingerprint density at radius 1 is 1.32 bits per heavy atom. The Hall–Kier alpha value is -2.20. The number of Topliss-reactive ketones (excluding diaryl/α,β-unsaturated/α-hetero) is 2. The fraction of sp³-hybridized carbons (Fsp3) is 0.650. The molecule has 1 heterocycles. The number of ketones is 2. The van der Waals surface area contributed by atoms with Gasteiger partial charge < -0.3 is 10.3 Å². The van der Waals surface area contributed by atoms with Crippen molar-refractivity contribution in [3.63, 3.8) is 0 Å². The summed E-state index contributed by atoms with van der Waals surface area (Å²) in [6.45, 7) is 0. The zero-order valence-electron chi connectivity index (χ0n) is 15.7. The summed E-state index contributed by atoms with van der Waals surface area (Å²) in [6.07, 6.45) is 7.67. The van der Waals surface area contributed by atoms with E-state index in [-0.39, 0.29) is 40.8 Å². The van der Waals surface area contributed by atoms with Gasteiger partial charge in [-0.05, 0) is 31.6 Å². The molecular formula is C20H25ClN4O3. The van der Waals surface area contributed by atoms with Crippen molar-refractivity contribution in [3.05, 3.63) is 17.2 Å². The SMILES string of the molecule is N#C[C@H](C[C@@H]1CCCCC1=O)NC(=O)[C@@H](CC(=O)c1ncc(Cl)[nH]1)CC1CC1. The molecule has 2 aliphatic rings. The molecule has 0 radical (unpaired) electrons. The zero-order chi connectivity index (χ0) is 20.1. The van der Waals surface area contributed by atoms with Gasteiger partial charge in [-0.15, -0.1) is 0 Å². The number of hydrogen-bond donors (Lipinski definition) is 2. The molecule has 0 bridgehead atoms. The molecule has 0 aliphatic heterocycles. The molecule has 2 N–H and O–H groups in total. The van der Waals surface area contributed by atoms with E-state index >= 15 is 0 Å². The number of aromatic amines is 1. The highest BCUT2D eigenvalue weighted by atomic mass is 35.5. The van der Waals surface area contributed by atoms with E-state index in [1.165, 1.54) is 6.20 Å². The predicted molar refractivity (Wildman–Crippen MR) is 103 cm³/mol. The molecular weight excluding hydrogens is 380 g/mol. The average Bonchev–Trinajstić information content (AvgIpc) is 3.39. The summed E-state index contributed by atoms with van der Waals surface area (Å²) in [5.74, 6) is -0.474. The van der Waals surface area contributed by atoms with Crippen molar-refractivity contribution < 1.29 is 14.4 Å². The Balaban J connectivity index is 1.60. The van der Waals surface area contributed by atoms with E-state index in [1.54, 1.807) is 0 Å². The first-order chi connectivity index (χ1) is 13.5. The number of imidazole rings is 1. The van der Waals surface area contributed by atoms with Gasteiger partial charge in [0.1, 0.15) is 17.0 Å². The largest absolute Gasteiger partial charge is 0.340 e. The Bertz CT molecular complexity index is 781. The van der Waals surface area contributed by atoms with E-state index in [1.807, 2.05) is 0 Å². The maximum absolute atomic E-state index is 12.8. The van der Waals surface area contributed by atoms with E-state index in [0.717, 1.165) is 32.1 Å². The van der Waals surface area contributed by atoms with Crippen LogP contribution in [-0.2, 0) is 9.59 Å². The quantitative estimate of drug-likeness (QED) is 0.613. The van der Waals surface area contributed by atoms with Crippen LogP contribution in [0.15, 0.2) is 6.20 Å². The van der Waals surface area contributed by atoms with Crippen LogP contribution in [0.2, 0.25) is 5.15 Å². The van der Waals surface area contributed by atoms with Crippen LogP contribution >= 0.6 is 11.6 Å². The van der Waals surface area contributed by atoms with E-state index in [2.05, 4.69) is 21.4 Å². The van der Waals surface area contributed by atoms with Crippen molar-refractivity contribution >= 4 is 29.1 Å². The van der Waals surface area contributed by atoms with Gasteiger partial charge in [-0.1, -0.05) is 30.9 Å². The maximum atomic E-state index is 12.8. The minimum Gasteiger partial charge on any atom is -0.340 e. The van der Waals surface area contributed by atoms with Gasteiger partial charge >= 0.3 is 0 Å². The number of nitrogens with zero attached hydrogens (tertiary/aromatic N) is 2. The first kappa shape index (κ1) is 20.5. The highest BCUT2D eigenvalue weighted by molar-refractivity contribution is 6.29. The number of rotatable bonds is 9. The minimum atomic E-state index is -0.714. The third kappa shape index (κ3) is 5.65. The lowest BCUT2D eigenvalue weighted by Gasteiger charge is -2.24. The van der Waals surface area contributed by atoms with Gasteiger partial charge in [0.25, 0.3) is 0 Å². The smallest absolute Gasteiger partial charge is 0.224 e. The molecule has 0 unspecified atom stereocenters. The second kappa shape index (κ2) is 9.33. The number of amides is 1. The molecule has 3 atom stereocenters. The summed E-state index contributed by atoms with van der Waals surface area (Å²) in [5, 5.41) is 12.5. The normalized spacial score (nSPS) is 21.6. The van der Waals surface area contributed by atoms with Crippen LogP contribution < -0.4 is 5.32 Å². The molecule has 7 nitrogen and oxygen atoms in total. The maximum Gasteiger partial charge on any atom is 0.224 e. The number of carbonyl (C=O) groups excluding carboxylic acids is 3. The Kier molecular flexibility index (Phi) is 6.84. The number of H-pyrrole nitrogens is 1. The molecule has 0 saturated heterocycles. The van der Waals surface area contributed by atoms with Crippen LogP contribution in [0.25, 0.3) is 0 Å².